The van der Waals surface area contributed by atoms with E-state index in [4.69, 9.17) is 9.15 Å². The number of benzene rings is 1. The molecule has 6 heteroatoms. The van der Waals surface area contributed by atoms with Crippen molar-refractivity contribution in [3.05, 3.63) is 59.5 Å². The number of furan rings is 1. The Labute approximate surface area is 185 Å². The van der Waals surface area contributed by atoms with E-state index in [1.54, 1.807) is 0 Å². The highest BCUT2D eigenvalue weighted by Gasteiger charge is 2.34. The van der Waals surface area contributed by atoms with E-state index in [-0.39, 0.29) is 18.1 Å². The zero-order valence-electron chi connectivity index (χ0n) is 18.6. The summed E-state index contributed by atoms with van der Waals surface area (Å²) in [4.78, 5) is 17.8. The van der Waals surface area contributed by atoms with Gasteiger partial charge in [0, 0.05) is 44.9 Å². The third kappa shape index (κ3) is 6.11. The maximum Gasteiger partial charge on any atom is 0.317 e. The topological polar surface area (TPSA) is 58.0 Å². The van der Waals surface area contributed by atoms with Crippen LogP contribution in [0.3, 0.4) is 0 Å². The zero-order chi connectivity index (χ0) is 21.5. The van der Waals surface area contributed by atoms with Crippen molar-refractivity contribution in [1.82, 2.24) is 15.1 Å². The van der Waals surface area contributed by atoms with Crippen LogP contribution in [-0.4, -0.2) is 60.8 Å². The lowest BCUT2D eigenvalue weighted by Crippen LogP contribution is -2.56. The first-order valence-electron chi connectivity index (χ1n) is 11.6. The maximum atomic E-state index is 13.3. The quantitative estimate of drug-likeness (QED) is 0.729. The minimum absolute atomic E-state index is 0.0861. The van der Waals surface area contributed by atoms with Gasteiger partial charge in [0.2, 0.25) is 0 Å². The Kier molecular flexibility index (Phi) is 7.65. The highest BCUT2D eigenvalue weighted by Crippen LogP contribution is 2.25. The minimum Gasteiger partial charge on any atom is -0.465 e. The van der Waals surface area contributed by atoms with Gasteiger partial charge < -0.3 is 19.4 Å². The number of carbonyl (C=O) groups is 1. The fourth-order valence-electron chi connectivity index (χ4n) is 4.79. The maximum absolute atomic E-state index is 13.3. The molecular weight excluding hydrogens is 390 g/mol. The normalized spacial score (nSPS) is 18.7. The first-order chi connectivity index (χ1) is 15.2. The largest absolute Gasteiger partial charge is 0.465 e. The van der Waals surface area contributed by atoms with Gasteiger partial charge in [0.05, 0.1) is 6.54 Å². The van der Waals surface area contributed by atoms with Crippen molar-refractivity contribution < 1.29 is 13.9 Å². The van der Waals surface area contributed by atoms with E-state index < -0.39 is 0 Å². The summed E-state index contributed by atoms with van der Waals surface area (Å²) >= 11 is 0. The molecule has 1 aromatic heterocycles. The number of hydrogen-bond acceptors (Lipinski definition) is 4. The minimum atomic E-state index is 0.0861. The Bertz CT molecular complexity index is 808. The molecule has 0 radical (unpaired) electrons. The van der Waals surface area contributed by atoms with Gasteiger partial charge in [0.15, 0.2) is 0 Å². The second kappa shape index (κ2) is 10.8. The average Bonchev–Trinajstić information content (AvgIpc) is 3.21. The van der Waals surface area contributed by atoms with Crippen molar-refractivity contribution >= 4 is 6.03 Å². The number of nitrogens with zero attached hydrogens (tertiary/aromatic N) is 2. The first kappa shape index (κ1) is 21.9. The van der Waals surface area contributed by atoms with Crippen LogP contribution in [0.5, 0.6) is 0 Å². The van der Waals surface area contributed by atoms with E-state index in [2.05, 4.69) is 33.3 Å². The van der Waals surface area contributed by atoms with Crippen LogP contribution >= 0.6 is 0 Å². The molecule has 0 saturated carbocycles. The molecule has 0 unspecified atom stereocenters. The summed E-state index contributed by atoms with van der Waals surface area (Å²) in [5.74, 6) is 1.98. The standard InChI is InChI=1S/C25H35N3O3/c1-20-7-8-24(31-20)19-27-15-10-22(11-16-27)28(23-12-17-30-18-13-23)25(29)26-14-9-21-5-3-2-4-6-21/h2-8,22-23H,9-19H2,1H3,(H,26,29). The van der Waals surface area contributed by atoms with Crippen molar-refractivity contribution in [2.24, 2.45) is 0 Å². The molecule has 0 aliphatic carbocycles. The number of carbonyl (C=O) groups excluding carboxylic acids is 1. The number of likely N-dealkylation sites (tertiary alicyclic amines) is 1. The lowest BCUT2D eigenvalue weighted by molar-refractivity contribution is 0.0199. The number of urea groups is 1. The van der Waals surface area contributed by atoms with E-state index in [0.717, 1.165) is 76.5 Å². The smallest absolute Gasteiger partial charge is 0.317 e. The predicted molar refractivity (Wildman–Crippen MR) is 121 cm³/mol. The van der Waals surface area contributed by atoms with Gasteiger partial charge >= 0.3 is 6.03 Å². The van der Waals surface area contributed by atoms with Gasteiger partial charge in [-0.2, -0.15) is 0 Å². The zero-order valence-corrected chi connectivity index (χ0v) is 18.6. The van der Waals surface area contributed by atoms with E-state index in [9.17, 15) is 4.79 Å². The Hall–Kier alpha value is -2.31. The van der Waals surface area contributed by atoms with Crippen LogP contribution in [0.15, 0.2) is 46.9 Å². The Morgan fingerprint density at radius 1 is 1.03 bits per heavy atom. The number of piperidine rings is 1. The molecule has 2 fully saturated rings. The van der Waals surface area contributed by atoms with Crippen LogP contribution < -0.4 is 5.32 Å². The molecule has 2 amide bonds. The number of nitrogens with one attached hydrogen (secondary N) is 1. The lowest BCUT2D eigenvalue weighted by atomic mass is 9.98. The van der Waals surface area contributed by atoms with Gasteiger partial charge in [-0.15, -0.1) is 0 Å². The van der Waals surface area contributed by atoms with Crippen molar-refractivity contribution in [1.29, 1.82) is 0 Å². The molecule has 3 heterocycles. The summed E-state index contributed by atoms with van der Waals surface area (Å²) in [6, 6.07) is 15.1. The molecule has 2 saturated heterocycles. The SMILES string of the molecule is Cc1ccc(CN2CCC(N(C(=O)NCCc3ccccc3)C3CCOCC3)CC2)o1. The molecule has 6 nitrogen and oxygen atoms in total. The fourth-order valence-corrected chi connectivity index (χ4v) is 4.79. The Balaban J connectivity index is 1.33. The van der Waals surface area contributed by atoms with E-state index in [0.29, 0.717) is 6.54 Å². The van der Waals surface area contributed by atoms with Gasteiger partial charge in [-0.25, -0.2) is 4.79 Å². The molecule has 1 aromatic carbocycles. The molecule has 0 bridgehead atoms. The van der Waals surface area contributed by atoms with Crippen molar-refractivity contribution in [3.8, 4) is 0 Å². The molecule has 0 atom stereocenters. The highest BCUT2D eigenvalue weighted by molar-refractivity contribution is 5.75. The average molecular weight is 426 g/mol. The second-order valence-electron chi connectivity index (χ2n) is 8.74. The molecule has 1 N–H and O–H groups in total. The van der Waals surface area contributed by atoms with Crippen LogP contribution in [0.4, 0.5) is 4.79 Å². The second-order valence-corrected chi connectivity index (χ2v) is 8.74. The molecule has 2 aromatic rings. The fraction of sp³-hybridized carbons (Fsp3) is 0.560. The van der Waals surface area contributed by atoms with E-state index >= 15 is 0 Å². The van der Waals surface area contributed by atoms with Gasteiger partial charge in [-0.05, 0) is 56.7 Å². The summed E-state index contributed by atoms with van der Waals surface area (Å²) in [6.45, 7) is 6.96. The van der Waals surface area contributed by atoms with Crippen LogP contribution in [-0.2, 0) is 17.7 Å². The molecule has 2 aliphatic heterocycles. The van der Waals surface area contributed by atoms with Crippen LogP contribution in [0, 0.1) is 6.92 Å². The summed E-state index contributed by atoms with van der Waals surface area (Å²) < 4.78 is 11.3. The highest BCUT2D eigenvalue weighted by atomic mass is 16.5. The third-order valence-electron chi connectivity index (χ3n) is 6.48. The summed E-state index contributed by atoms with van der Waals surface area (Å²) in [6.07, 6.45) is 4.72. The number of hydrogen-bond donors (Lipinski definition) is 1. The van der Waals surface area contributed by atoms with E-state index in [1.807, 2.05) is 31.2 Å². The van der Waals surface area contributed by atoms with E-state index in [1.165, 1.54) is 5.56 Å². The number of amides is 2. The Morgan fingerprint density at radius 2 is 1.74 bits per heavy atom. The van der Waals surface area contributed by atoms with Crippen LogP contribution in [0.2, 0.25) is 0 Å². The summed E-state index contributed by atoms with van der Waals surface area (Å²) in [5, 5.41) is 3.20. The molecular formula is C25H35N3O3. The summed E-state index contributed by atoms with van der Waals surface area (Å²) in [5.41, 5.74) is 1.25. The lowest BCUT2D eigenvalue weighted by Gasteiger charge is -2.43. The number of ether oxygens (including phenoxy) is 1. The molecule has 2 aliphatic rings. The third-order valence-corrected chi connectivity index (χ3v) is 6.48. The Morgan fingerprint density at radius 3 is 2.42 bits per heavy atom. The molecule has 31 heavy (non-hydrogen) atoms. The van der Waals surface area contributed by atoms with Crippen molar-refractivity contribution in [3.63, 3.8) is 0 Å². The summed E-state index contributed by atoms with van der Waals surface area (Å²) in [7, 11) is 0. The predicted octanol–water partition coefficient (Wildman–Crippen LogP) is 3.99. The monoisotopic (exact) mass is 425 g/mol. The molecule has 4 rings (SSSR count). The van der Waals surface area contributed by atoms with Gasteiger partial charge in [0.25, 0.3) is 0 Å². The van der Waals surface area contributed by atoms with Gasteiger partial charge in [0.1, 0.15) is 11.5 Å². The van der Waals surface area contributed by atoms with Gasteiger partial charge in [-0.1, -0.05) is 30.3 Å². The van der Waals surface area contributed by atoms with Crippen LogP contribution in [0.1, 0.15) is 42.8 Å². The van der Waals surface area contributed by atoms with Gasteiger partial charge in [-0.3, -0.25) is 4.90 Å². The molecule has 168 valence electrons. The molecule has 0 spiro atoms. The number of aryl methyl sites for hydroxylation is 1. The van der Waals surface area contributed by atoms with Crippen molar-refractivity contribution in [2.75, 3.05) is 32.8 Å². The number of rotatable bonds is 7. The first-order valence-corrected chi connectivity index (χ1v) is 11.6. The van der Waals surface area contributed by atoms with Crippen LogP contribution in [0.25, 0.3) is 0 Å². The van der Waals surface area contributed by atoms with Crippen molar-refractivity contribution in [2.45, 2.75) is 57.7 Å².